The number of amides is 1. The van der Waals surface area contributed by atoms with Crippen LogP contribution in [0, 0.1) is 6.92 Å². The van der Waals surface area contributed by atoms with E-state index in [1.165, 1.54) is 12.1 Å². The first-order chi connectivity index (χ1) is 12.9. The number of piperazine rings is 1. The van der Waals surface area contributed by atoms with Gasteiger partial charge in [-0.25, -0.2) is 13.1 Å². The van der Waals surface area contributed by atoms with Crippen molar-refractivity contribution in [3.05, 3.63) is 59.7 Å². The van der Waals surface area contributed by atoms with E-state index >= 15 is 0 Å². The van der Waals surface area contributed by atoms with E-state index in [2.05, 4.69) is 21.8 Å². The quantitative estimate of drug-likeness (QED) is 0.854. The number of sulfonamides is 1. The zero-order valence-corrected chi connectivity index (χ0v) is 16.5. The first-order valence-corrected chi connectivity index (χ1v) is 10.6. The molecule has 144 valence electrons. The van der Waals surface area contributed by atoms with Gasteiger partial charge in [0.05, 0.1) is 4.90 Å². The molecular formula is C20H25N3O3S. The summed E-state index contributed by atoms with van der Waals surface area (Å²) in [5.74, 6) is -0.117. The molecule has 1 saturated heterocycles. The predicted molar refractivity (Wildman–Crippen MR) is 107 cm³/mol. The smallest absolute Gasteiger partial charge is 0.254 e. The molecule has 0 atom stereocenters. The Bertz CT molecular complexity index is 905. The SMILES string of the molecule is CCNS(=O)(=O)c1ccc(C)c(C(=O)N2CCN(c3ccccc3)CC2)c1. The Morgan fingerprint density at radius 3 is 2.33 bits per heavy atom. The number of aryl methyl sites for hydroxylation is 1. The molecule has 0 spiro atoms. The lowest BCUT2D eigenvalue weighted by Crippen LogP contribution is -2.49. The monoisotopic (exact) mass is 387 g/mol. The molecule has 27 heavy (non-hydrogen) atoms. The lowest BCUT2D eigenvalue weighted by atomic mass is 10.1. The number of para-hydroxylation sites is 1. The van der Waals surface area contributed by atoms with Crippen LogP contribution in [-0.4, -0.2) is 51.9 Å². The van der Waals surface area contributed by atoms with Gasteiger partial charge in [0, 0.05) is 44.0 Å². The molecule has 1 aliphatic heterocycles. The van der Waals surface area contributed by atoms with Crippen molar-refractivity contribution in [3.63, 3.8) is 0 Å². The third-order valence-corrected chi connectivity index (χ3v) is 6.32. The average Bonchev–Trinajstić information content (AvgIpc) is 2.68. The molecular weight excluding hydrogens is 362 g/mol. The number of nitrogens with one attached hydrogen (secondary N) is 1. The number of anilines is 1. The second kappa shape index (κ2) is 8.10. The van der Waals surface area contributed by atoms with E-state index in [0.717, 1.165) is 24.3 Å². The Hall–Kier alpha value is -2.38. The normalized spacial score (nSPS) is 15.0. The zero-order valence-electron chi connectivity index (χ0n) is 15.7. The van der Waals surface area contributed by atoms with Gasteiger partial charge in [0.15, 0.2) is 0 Å². The van der Waals surface area contributed by atoms with Gasteiger partial charge < -0.3 is 9.80 Å². The summed E-state index contributed by atoms with van der Waals surface area (Å²) in [6, 6.07) is 14.8. The van der Waals surface area contributed by atoms with Crippen LogP contribution < -0.4 is 9.62 Å². The first kappa shape index (κ1) is 19.4. The van der Waals surface area contributed by atoms with Crippen LogP contribution in [0.15, 0.2) is 53.4 Å². The first-order valence-electron chi connectivity index (χ1n) is 9.12. The number of rotatable bonds is 5. The molecule has 1 N–H and O–H groups in total. The third kappa shape index (κ3) is 4.31. The zero-order chi connectivity index (χ0) is 19.4. The molecule has 0 saturated carbocycles. The molecule has 0 radical (unpaired) electrons. The lowest BCUT2D eigenvalue weighted by Gasteiger charge is -2.36. The van der Waals surface area contributed by atoms with Crippen molar-refractivity contribution in [2.45, 2.75) is 18.7 Å². The highest BCUT2D eigenvalue weighted by Crippen LogP contribution is 2.20. The van der Waals surface area contributed by atoms with Gasteiger partial charge in [0.25, 0.3) is 5.91 Å². The Balaban J connectivity index is 1.75. The fraction of sp³-hybridized carbons (Fsp3) is 0.350. The average molecular weight is 388 g/mol. The van der Waals surface area contributed by atoms with Crippen LogP contribution in [0.2, 0.25) is 0 Å². The van der Waals surface area contributed by atoms with Crippen molar-refractivity contribution in [2.75, 3.05) is 37.6 Å². The summed E-state index contributed by atoms with van der Waals surface area (Å²) in [7, 11) is -3.59. The van der Waals surface area contributed by atoms with E-state index < -0.39 is 10.0 Å². The lowest BCUT2D eigenvalue weighted by molar-refractivity contribution is 0.0746. The largest absolute Gasteiger partial charge is 0.368 e. The Morgan fingerprint density at radius 2 is 1.70 bits per heavy atom. The summed E-state index contributed by atoms with van der Waals surface area (Å²) < 4.78 is 27.0. The molecule has 6 nitrogen and oxygen atoms in total. The minimum absolute atomic E-state index is 0.117. The molecule has 2 aromatic carbocycles. The van der Waals surface area contributed by atoms with Crippen LogP contribution in [0.4, 0.5) is 5.69 Å². The molecule has 0 unspecified atom stereocenters. The molecule has 2 aromatic rings. The van der Waals surface area contributed by atoms with Crippen LogP contribution in [0.3, 0.4) is 0 Å². The highest BCUT2D eigenvalue weighted by molar-refractivity contribution is 7.89. The minimum atomic E-state index is -3.59. The van der Waals surface area contributed by atoms with E-state index in [0.29, 0.717) is 25.2 Å². The van der Waals surface area contributed by atoms with Crippen LogP contribution in [0.25, 0.3) is 0 Å². The van der Waals surface area contributed by atoms with Crippen LogP contribution in [0.5, 0.6) is 0 Å². The van der Waals surface area contributed by atoms with E-state index in [9.17, 15) is 13.2 Å². The van der Waals surface area contributed by atoms with Crippen molar-refractivity contribution in [1.82, 2.24) is 9.62 Å². The molecule has 0 aliphatic carbocycles. The van der Waals surface area contributed by atoms with Gasteiger partial charge in [-0.1, -0.05) is 31.2 Å². The fourth-order valence-corrected chi connectivity index (χ4v) is 4.32. The van der Waals surface area contributed by atoms with Gasteiger partial charge in [-0.05, 0) is 36.8 Å². The van der Waals surface area contributed by atoms with Crippen molar-refractivity contribution in [2.24, 2.45) is 0 Å². The summed E-state index contributed by atoms with van der Waals surface area (Å²) in [5, 5.41) is 0. The van der Waals surface area contributed by atoms with Gasteiger partial charge in [-0.15, -0.1) is 0 Å². The van der Waals surface area contributed by atoms with Gasteiger partial charge in [-0.3, -0.25) is 4.79 Å². The summed E-state index contributed by atoms with van der Waals surface area (Å²) in [4.78, 5) is 17.2. The van der Waals surface area contributed by atoms with E-state index in [1.807, 2.05) is 25.1 Å². The van der Waals surface area contributed by atoms with Gasteiger partial charge >= 0.3 is 0 Å². The summed E-state index contributed by atoms with van der Waals surface area (Å²) >= 11 is 0. The summed E-state index contributed by atoms with van der Waals surface area (Å²) in [6.45, 7) is 6.59. The van der Waals surface area contributed by atoms with Crippen molar-refractivity contribution < 1.29 is 13.2 Å². The molecule has 3 rings (SSSR count). The number of nitrogens with zero attached hydrogens (tertiary/aromatic N) is 2. The maximum absolute atomic E-state index is 13.0. The summed E-state index contributed by atoms with van der Waals surface area (Å²) in [6.07, 6.45) is 0. The highest BCUT2D eigenvalue weighted by atomic mass is 32.2. The number of hydrogen-bond acceptors (Lipinski definition) is 4. The fourth-order valence-electron chi connectivity index (χ4n) is 3.25. The number of carbonyl (C=O) groups excluding carboxylic acids is 1. The molecule has 1 aliphatic rings. The second-order valence-electron chi connectivity index (χ2n) is 6.59. The summed E-state index contributed by atoms with van der Waals surface area (Å²) in [5.41, 5.74) is 2.38. The molecule has 1 amide bonds. The number of hydrogen-bond donors (Lipinski definition) is 1. The molecule has 0 aromatic heterocycles. The topological polar surface area (TPSA) is 69.7 Å². The Morgan fingerprint density at radius 1 is 1.04 bits per heavy atom. The maximum atomic E-state index is 13.0. The number of benzene rings is 2. The standard InChI is InChI=1S/C20H25N3O3S/c1-3-21-27(25,26)18-10-9-16(2)19(15-18)20(24)23-13-11-22(12-14-23)17-7-5-4-6-8-17/h4-10,15,21H,3,11-14H2,1-2H3. The van der Waals surface area contributed by atoms with Gasteiger partial charge in [0.2, 0.25) is 10.0 Å². The van der Waals surface area contributed by atoms with Crippen LogP contribution >= 0.6 is 0 Å². The number of carbonyl (C=O) groups is 1. The van der Waals surface area contributed by atoms with Crippen molar-refractivity contribution in [3.8, 4) is 0 Å². The van der Waals surface area contributed by atoms with Gasteiger partial charge in [0.1, 0.15) is 0 Å². The van der Waals surface area contributed by atoms with E-state index in [1.54, 1.807) is 17.9 Å². The minimum Gasteiger partial charge on any atom is -0.368 e. The molecule has 1 heterocycles. The van der Waals surface area contributed by atoms with Crippen LogP contribution in [0.1, 0.15) is 22.8 Å². The third-order valence-electron chi connectivity index (χ3n) is 4.77. The maximum Gasteiger partial charge on any atom is 0.254 e. The van der Waals surface area contributed by atoms with Gasteiger partial charge in [-0.2, -0.15) is 0 Å². The molecule has 1 fully saturated rings. The van der Waals surface area contributed by atoms with Crippen molar-refractivity contribution in [1.29, 1.82) is 0 Å². The second-order valence-corrected chi connectivity index (χ2v) is 8.36. The Labute approximate surface area is 160 Å². The predicted octanol–water partition coefficient (Wildman–Crippen LogP) is 2.26. The van der Waals surface area contributed by atoms with E-state index in [4.69, 9.17) is 0 Å². The Kier molecular flexibility index (Phi) is 5.82. The highest BCUT2D eigenvalue weighted by Gasteiger charge is 2.25. The van der Waals surface area contributed by atoms with E-state index in [-0.39, 0.29) is 10.8 Å². The molecule has 7 heteroatoms. The van der Waals surface area contributed by atoms with Crippen molar-refractivity contribution >= 4 is 21.6 Å². The van der Waals surface area contributed by atoms with Crippen LogP contribution in [-0.2, 0) is 10.0 Å². The molecule has 0 bridgehead atoms.